The minimum Gasteiger partial charge on any atom is -0.378 e. The van der Waals surface area contributed by atoms with Gasteiger partial charge in [-0.15, -0.1) is 0 Å². The molecule has 0 spiro atoms. The second kappa shape index (κ2) is 8.53. The second-order valence-corrected chi connectivity index (χ2v) is 4.08. The summed E-state index contributed by atoms with van der Waals surface area (Å²) in [6.07, 6.45) is 1.97. The van der Waals surface area contributed by atoms with Crippen molar-refractivity contribution < 1.29 is 9.90 Å². The molecule has 16 heavy (non-hydrogen) atoms. The highest BCUT2D eigenvalue weighted by molar-refractivity contribution is 5.78. The van der Waals surface area contributed by atoms with E-state index >= 15 is 0 Å². The number of carbonyl (C=O) groups excluding carboxylic acids is 1. The van der Waals surface area contributed by atoms with Crippen molar-refractivity contribution >= 4 is 5.91 Å². The van der Waals surface area contributed by atoms with E-state index < -0.39 is 6.23 Å². The van der Waals surface area contributed by atoms with Crippen LogP contribution < -0.4 is 5.32 Å². The molecule has 0 saturated heterocycles. The first kappa shape index (κ1) is 15.4. The molecule has 0 aromatic carbocycles. The summed E-state index contributed by atoms with van der Waals surface area (Å²) in [6.45, 7) is 7.76. The van der Waals surface area contributed by atoms with Gasteiger partial charge < -0.3 is 10.4 Å². The van der Waals surface area contributed by atoms with Gasteiger partial charge in [0.15, 0.2) is 0 Å². The van der Waals surface area contributed by atoms with E-state index in [4.69, 9.17) is 0 Å². The molecule has 0 aliphatic rings. The molecule has 1 amide bonds. The number of hydrogen-bond acceptors (Lipinski definition) is 3. The molecular formula is C12H26N2O2. The summed E-state index contributed by atoms with van der Waals surface area (Å²) in [5.41, 5.74) is 0. The maximum atomic E-state index is 11.6. The molecule has 0 saturated carbocycles. The van der Waals surface area contributed by atoms with Gasteiger partial charge in [-0.3, -0.25) is 9.69 Å². The summed E-state index contributed by atoms with van der Waals surface area (Å²) in [7, 11) is 1.61. The van der Waals surface area contributed by atoms with Crippen LogP contribution in [-0.4, -0.2) is 42.3 Å². The summed E-state index contributed by atoms with van der Waals surface area (Å²) in [5, 5.41) is 12.8. The van der Waals surface area contributed by atoms with Crippen molar-refractivity contribution in [2.24, 2.45) is 5.92 Å². The molecule has 2 atom stereocenters. The predicted octanol–water partition coefficient (Wildman–Crippen LogP) is 1.20. The maximum absolute atomic E-state index is 11.6. The van der Waals surface area contributed by atoms with E-state index in [1.807, 2.05) is 11.8 Å². The van der Waals surface area contributed by atoms with Gasteiger partial charge in [0.2, 0.25) is 5.91 Å². The lowest BCUT2D eigenvalue weighted by molar-refractivity contribution is -0.134. The Morgan fingerprint density at radius 3 is 2.06 bits per heavy atom. The van der Waals surface area contributed by atoms with E-state index in [1.165, 1.54) is 0 Å². The Bertz CT molecular complexity index is 191. The molecule has 0 bridgehead atoms. The third kappa shape index (κ3) is 4.49. The van der Waals surface area contributed by atoms with E-state index in [2.05, 4.69) is 19.2 Å². The Morgan fingerprint density at radius 1 is 1.25 bits per heavy atom. The fraction of sp³-hybridized carbons (Fsp3) is 0.917. The predicted molar refractivity (Wildman–Crippen MR) is 66.0 cm³/mol. The Labute approximate surface area is 99.0 Å². The van der Waals surface area contributed by atoms with E-state index in [9.17, 15) is 9.90 Å². The van der Waals surface area contributed by atoms with Crippen LogP contribution in [0, 0.1) is 5.92 Å². The molecule has 0 rings (SSSR count). The van der Waals surface area contributed by atoms with Crippen LogP contribution in [0.5, 0.6) is 0 Å². The lowest BCUT2D eigenvalue weighted by Crippen LogP contribution is -2.46. The highest BCUT2D eigenvalue weighted by Crippen LogP contribution is 2.14. The summed E-state index contributed by atoms with van der Waals surface area (Å²) < 4.78 is 0. The summed E-state index contributed by atoms with van der Waals surface area (Å²) in [5.74, 6) is -0.407. The first-order valence-electron chi connectivity index (χ1n) is 6.25. The minimum absolute atomic E-state index is 0.0767. The molecule has 4 heteroatoms. The number of rotatable bonds is 8. The molecule has 0 aliphatic heterocycles. The van der Waals surface area contributed by atoms with Crippen molar-refractivity contribution in [3.63, 3.8) is 0 Å². The van der Waals surface area contributed by atoms with Gasteiger partial charge in [0, 0.05) is 20.1 Å². The Morgan fingerprint density at radius 2 is 1.75 bits per heavy atom. The quantitative estimate of drug-likeness (QED) is 0.616. The monoisotopic (exact) mass is 230 g/mol. The van der Waals surface area contributed by atoms with Crippen molar-refractivity contribution in [3.05, 3.63) is 0 Å². The van der Waals surface area contributed by atoms with Gasteiger partial charge in [-0.2, -0.15) is 0 Å². The van der Waals surface area contributed by atoms with Gasteiger partial charge in [-0.05, 0) is 19.3 Å². The van der Waals surface area contributed by atoms with E-state index in [-0.39, 0.29) is 11.8 Å². The lowest BCUT2D eigenvalue weighted by atomic mass is 10.0. The average Bonchev–Trinajstić information content (AvgIpc) is 2.29. The van der Waals surface area contributed by atoms with Gasteiger partial charge in [-0.25, -0.2) is 0 Å². The highest BCUT2D eigenvalue weighted by atomic mass is 16.3. The Balaban J connectivity index is 4.52. The molecule has 2 N–H and O–H groups in total. The van der Waals surface area contributed by atoms with Crippen molar-refractivity contribution in [3.8, 4) is 0 Å². The van der Waals surface area contributed by atoms with Crippen LogP contribution in [0.15, 0.2) is 0 Å². The van der Waals surface area contributed by atoms with Crippen LogP contribution >= 0.6 is 0 Å². The number of nitrogens with one attached hydrogen (secondary N) is 1. The summed E-state index contributed by atoms with van der Waals surface area (Å²) in [6, 6.07) is 0. The minimum atomic E-state index is -0.662. The molecular weight excluding hydrogens is 204 g/mol. The lowest BCUT2D eigenvalue weighted by Gasteiger charge is -2.31. The highest BCUT2D eigenvalue weighted by Gasteiger charge is 2.28. The van der Waals surface area contributed by atoms with Crippen LogP contribution in [0.2, 0.25) is 0 Å². The third-order valence-electron chi connectivity index (χ3n) is 2.78. The number of hydrogen-bond donors (Lipinski definition) is 2. The fourth-order valence-electron chi connectivity index (χ4n) is 1.92. The maximum Gasteiger partial charge on any atom is 0.226 e. The van der Waals surface area contributed by atoms with Crippen LogP contribution in [0.4, 0.5) is 0 Å². The zero-order valence-corrected chi connectivity index (χ0v) is 11.0. The van der Waals surface area contributed by atoms with Gasteiger partial charge in [-0.1, -0.05) is 20.8 Å². The number of aliphatic hydroxyl groups is 1. The third-order valence-corrected chi connectivity index (χ3v) is 2.78. The number of aliphatic hydroxyl groups excluding tert-OH is 1. The molecule has 4 nitrogen and oxygen atoms in total. The van der Waals surface area contributed by atoms with Crippen molar-refractivity contribution in [1.82, 2.24) is 10.2 Å². The van der Waals surface area contributed by atoms with E-state index in [0.717, 1.165) is 25.9 Å². The molecule has 96 valence electrons. The zero-order chi connectivity index (χ0) is 12.6. The van der Waals surface area contributed by atoms with Crippen molar-refractivity contribution in [2.45, 2.75) is 46.3 Å². The molecule has 0 radical (unpaired) electrons. The molecule has 0 aromatic rings. The summed E-state index contributed by atoms with van der Waals surface area (Å²) in [4.78, 5) is 13.6. The van der Waals surface area contributed by atoms with Gasteiger partial charge in [0.05, 0.1) is 5.92 Å². The van der Waals surface area contributed by atoms with Crippen LogP contribution in [-0.2, 0) is 4.79 Å². The normalized spacial score (nSPS) is 14.9. The number of nitrogens with zero attached hydrogens (tertiary/aromatic N) is 1. The number of amides is 1. The van der Waals surface area contributed by atoms with Gasteiger partial charge in [0.25, 0.3) is 0 Å². The fourth-order valence-corrected chi connectivity index (χ4v) is 1.92. The van der Waals surface area contributed by atoms with E-state index in [1.54, 1.807) is 7.05 Å². The van der Waals surface area contributed by atoms with Gasteiger partial charge in [0.1, 0.15) is 6.23 Å². The topological polar surface area (TPSA) is 52.6 Å². The zero-order valence-electron chi connectivity index (χ0n) is 11.0. The van der Waals surface area contributed by atoms with Crippen molar-refractivity contribution in [1.29, 1.82) is 0 Å². The molecule has 0 heterocycles. The standard InChI is InChI=1S/C12H26N2O2/c1-5-8-14(9-6-2)12(16)10(7-3)11(15)13-4/h10,12,16H,5-9H2,1-4H3,(H,13,15). The van der Waals surface area contributed by atoms with Crippen LogP contribution in [0.1, 0.15) is 40.0 Å². The first-order chi connectivity index (χ1) is 7.62. The van der Waals surface area contributed by atoms with E-state index in [0.29, 0.717) is 6.42 Å². The van der Waals surface area contributed by atoms with Crippen molar-refractivity contribution in [2.75, 3.05) is 20.1 Å². The molecule has 0 fully saturated rings. The smallest absolute Gasteiger partial charge is 0.226 e. The first-order valence-corrected chi connectivity index (χ1v) is 6.25. The largest absolute Gasteiger partial charge is 0.378 e. The molecule has 0 aromatic heterocycles. The van der Waals surface area contributed by atoms with Crippen LogP contribution in [0.25, 0.3) is 0 Å². The second-order valence-electron chi connectivity index (χ2n) is 4.08. The average molecular weight is 230 g/mol. The summed E-state index contributed by atoms with van der Waals surface area (Å²) >= 11 is 0. The molecule has 2 unspecified atom stereocenters. The Hall–Kier alpha value is -0.610. The van der Waals surface area contributed by atoms with Crippen LogP contribution in [0.3, 0.4) is 0 Å². The van der Waals surface area contributed by atoms with Gasteiger partial charge >= 0.3 is 0 Å². The SMILES string of the molecule is CCCN(CCC)C(O)C(CC)C(=O)NC. The number of carbonyl (C=O) groups is 1. The Kier molecular flexibility index (Phi) is 8.21. The molecule has 0 aliphatic carbocycles.